The Kier molecular flexibility index (Phi) is 5.15. The molecule has 0 bridgehead atoms. The van der Waals surface area contributed by atoms with E-state index in [1.165, 1.54) is 0 Å². The molecule has 118 valence electrons. The monoisotopic (exact) mass is 346 g/mol. The zero-order chi connectivity index (χ0) is 16.1. The van der Waals surface area contributed by atoms with Crippen LogP contribution in [0.1, 0.15) is 0 Å². The summed E-state index contributed by atoms with van der Waals surface area (Å²) in [6.07, 6.45) is 3.51. The van der Waals surface area contributed by atoms with E-state index < -0.39 is 0 Å². The Morgan fingerprint density at radius 2 is 2.04 bits per heavy atom. The summed E-state index contributed by atoms with van der Waals surface area (Å²) in [5.41, 5.74) is 0.946. The van der Waals surface area contributed by atoms with Gasteiger partial charge in [-0.2, -0.15) is 0 Å². The first-order valence-corrected chi connectivity index (χ1v) is 8.42. The summed E-state index contributed by atoms with van der Waals surface area (Å²) in [7, 11) is 1.94. The van der Waals surface area contributed by atoms with E-state index in [-0.39, 0.29) is 0 Å². The van der Waals surface area contributed by atoms with Gasteiger partial charge >= 0.3 is 0 Å². The van der Waals surface area contributed by atoms with Crippen molar-refractivity contribution in [2.75, 3.05) is 12.4 Å². The Bertz CT molecular complexity index is 779. The van der Waals surface area contributed by atoms with Crippen molar-refractivity contribution < 1.29 is 4.74 Å². The predicted molar refractivity (Wildman–Crippen MR) is 91.9 cm³/mol. The van der Waals surface area contributed by atoms with Gasteiger partial charge in [-0.3, -0.25) is 4.98 Å². The van der Waals surface area contributed by atoms with Crippen molar-refractivity contribution in [3.8, 4) is 17.1 Å². The van der Waals surface area contributed by atoms with Crippen LogP contribution in [0.4, 0.5) is 0 Å². The van der Waals surface area contributed by atoms with E-state index in [9.17, 15) is 0 Å². The van der Waals surface area contributed by atoms with E-state index in [0.717, 1.165) is 22.3 Å². The van der Waals surface area contributed by atoms with E-state index in [1.807, 2.05) is 48.0 Å². The van der Waals surface area contributed by atoms with E-state index in [0.29, 0.717) is 17.4 Å². The first-order valence-electron chi connectivity index (χ1n) is 7.05. The molecule has 0 radical (unpaired) electrons. The summed E-state index contributed by atoms with van der Waals surface area (Å²) in [5.74, 6) is 2.25. The Hall–Kier alpha value is -2.05. The molecule has 2 aromatic heterocycles. The predicted octanol–water partition coefficient (Wildman–Crippen LogP) is 3.70. The molecule has 3 rings (SSSR count). The maximum Gasteiger partial charge on any atom is 0.191 e. The lowest BCUT2D eigenvalue weighted by atomic mass is 10.3. The molecule has 5 nitrogen and oxygen atoms in total. The molecule has 3 aromatic rings. The molecular formula is C16H15ClN4OS. The zero-order valence-corrected chi connectivity index (χ0v) is 14.1. The second kappa shape index (κ2) is 7.48. The Labute approximate surface area is 143 Å². The number of benzene rings is 1. The van der Waals surface area contributed by atoms with E-state index in [2.05, 4.69) is 15.2 Å². The lowest BCUT2D eigenvalue weighted by Gasteiger charge is -2.07. The second-order valence-electron chi connectivity index (χ2n) is 4.73. The molecular weight excluding hydrogens is 332 g/mol. The summed E-state index contributed by atoms with van der Waals surface area (Å²) in [6.45, 7) is 0.545. The summed E-state index contributed by atoms with van der Waals surface area (Å²) in [6, 6.07) is 11.3. The normalized spacial score (nSPS) is 10.7. The molecule has 23 heavy (non-hydrogen) atoms. The topological polar surface area (TPSA) is 52.8 Å². The number of pyridine rings is 1. The van der Waals surface area contributed by atoms with Crippen LogP contribution in [0.5, 0.6) is 5.75 Å². The van der Waals surface area contributed by atoms with Crippen LogP contribution in [-0.4, -0.2) is 32.1 Å². The van der Waals surface area contributed by atoms with Crippen molar-refractivity contribution in [3.63, 3.8) is 0 Å². The summed E-state index contributed by atoms with van der Waals surface area (Å²) in [5, 5.41) is 9.91. The van der Waals surface area contributed by atoms with Crippen molar-refractivity contribution in [3.05, 3.63) is 53.8 Å². The number of nitrogens with zero attached hydrogens (tertiary/aromatic N) is 4. The van der Waals surface area contributed by atoms with Gasteiger partial charge in [0.1, 0.15) is 5.75 Å². The maximum absolute atomic E-state index is 6.05. The molecule has 0 saturated carbocycles. The average Bonchev–Trinajstić information content (AvgIpc) is 2.95. The van der Waals surface area contributed by atoms with Gasteiger partial charge in [-0.15, -0.1) is 10.2 Å². The first kappa shape index (κ1) is 15.8. The van der Waals surface area contributed by atoms with Crippen LogP contribution in [0.2, 0.25) is 5.02 Å². The summed E-state index contributed by atoms with van der Waals surface area (Å²) in [4.78, 5) is 4.11. The van der Waals surface area contributed by atoms with Gasteiger partial charge in [0.25, 0.3) is 0 Å². The molecule has 0 aliphatic carbocycles. The molecule has 2 heterocycles. The van der Waals surface area contributed by atoms with Crippen LogP contribution < -0.4 is 4.74 Å². The van der Waals surface area contributed by atoms with Gasteiger partial charge in [-0.05, 0) is 24.3 Å². The lowest BCUT2D eigenvalue weighted by molar-refractivity contribution is 0.344. The molecule has 0 fully saturated rings. The van der Waals surface area contributed by atoms with Gasteiger partial charge in [-0.25, -0.2) is 0 Å². The highest BCUT2D eigenvalue weighted by molar-refractivity contribution is 7.99. The minimum Gasteiger partial charge on any atom is -0.491 e. The van der Waals surface area contributed by atoms with E-state index in [4.69, 9.17) is 16.3 Å². The third kappa shape index (κ3) is 3.83. The van der Waals surface area contributed by atoms with E-state index in [1.54, 1.807) is 24.2 Å². The fraction of sp³-hybridized carbons (Fsp3) is 0.188. The van der Waals surface area contributed by atoms with Crippen molar-refractivity contribution >= 4 is 23.4 Å². The molecule has 0 atom stereocenters. The van der Waals surface area contributed by atoms with Gasteiger partial charge in [0.05, 0.1) is 11.6 Å². The highest BCUT2D eigenvalue weighted by atomic mass is 35.5. The molecule has 0 aliphatic heterocycles. The van der Waals surface area contributed by atoms with Crippen LogP contribution in [0.15, 0.2) is 53.9 Å². The third-order valence-electron chi connectivity index (χ3n) is 3.16. The van der Waals surface area contributed by atoms with Crippen molar-refractivity contribution in [2.45, 2.75) is 5.16 Å². The fourth-order valence-corrected chi connectivity index (χ4v) is 2.95. The smallest absolute Gasteiger partial charge is 0.191 e. The number of hydrogen-bond acceptors (Lipinski definition) is 5. The van der Waals surface area contributed by atoms with Crippen molar-refractivity contribution in [1.29, 1.82) is 0 Å². The molecule has 0 aliphatic rings. The summed E-state index contributed by atoms with van der Waals surface area (Å²) < 4.78 is 7.63. The quantitative estimate of drug-likeness (QED) is 0.503. The van der Waals surface area contributed by atoms with Crippen LogP contribution >= 0.6 is 23.4 Å². The van der Waals surface area contributed by atoms with Crippen LogP contribution in [0.25, 0.3) is 11.4 Å². The van der Waals surface area contributed by atoms with Crippen LogP contribution in [-0.2, 0) is 7.05 Å². The largest absolute Gasteiger partial charge is 0.491 e. The number of ether oxygens (including phenoxy) is 1. The molecule has 0 amide bonds. The lowest BCUT2D eigenvalue weighted by Crippen LogP contribution is -2.02. The second-order valence-corrected chi connectivity index (χ2v) is 6.20. The molecule has 0 saturated heterocycles. The highest BCUT2D eigenvalue weighted by Crippen LogP contribution is 2.24. The standard InChI is InChI=1S/C16H15ClN4OS/c1-21-15(12-5-4-8-18-11-12)19-20-16(21)23-10-9-22-14-7-3-2-6-13(14)17/h2-8,11H,9-10H2,1H3. The minimum atomic E-state index is 0.545. The number of hydrogen-bond donors (Lipinski definition) is 0. The zero-order valence-electron chi connectivity index (χ0n) is 12.5. The summed E-state index contributed by atoms with van der Waals surface area (Å²) >= 11 is 7.64. The molecule has 7 heteroatoms. The van der Waals surface area contributed by atoms with Crippen molar-refractivity contribution in [2.24, 2.45) is 7.05 Å². The molecule has 0 unspecified atom stereocenters. The number of rotatable bonds is 6. The maximum atomic E-state index is 6.05. The van der Waals surface area contributed by atoms with Crippen LogP contribution in [0, 0.1) is 0 Å². The molecule has 1 aromatic carbocycles. The van der Waals surface area contributed by atoms with Gasteiger partial charge in [0.15, 0.2) is 11.0 Å². The van der Waals surface area contributed by atoms with Gasteiger partial charge in [0, 0.05) is 30.8 Å². The number of aromatic nitrogens is 4. The Morgan fingerprint density at radius 1 is 1.17 bits per heavy atom. The Morgan fingerprint density at radius 3 is 2.83 bits per heavy atom. The number of halogens is 1. The van der Waals surface area contributed by atoms with Gasteiger partial charge in [0.2, 0.25) is 0 Å². The average molecular weight is 347 g/mol. The van der Waals surface area contributed by atoms with Gasteiger partial charge in [-0.1, -0.05) is 35.5 Å². The molecule has 0 spiro atoms. The Balaban J connectivity index is 1.57. The number of thioether (sulfide) groups is 1. The van der Waals surface area contributed by atoms with Gasteiger partial charge < -0.3 is 9.30 Å². The third-order valence-corrected chi connectivity index (χ3v) is 4.46. The van der Waals surface area contributed by atoms with Crippen molar-refractivity contribution in [1.82, 2.24) is 19.7 Å². The highest BCUT2D eigenvalue weighted by Gasteiger charge is 2.11. The van der Waals surface area contributed by atoms with Crippen LogP contribution in [0.3, 0.4) is 0 Å². The SMILES string of the molecule is Cn1c(SCCOc2ccccc2Cl)nnc1-c1cccnc1. The fourth-order valence-electron chi connectivity index (χ4n) is 2.03. The first-order chi connectivity index (χ1) is 11.3. The molecule has 0 N–H and O–H groups in total. The minimum absolute atomic E-state index is 0.545. The van der Waals surface area contributed by atoms with E-state index >= 15 is 0 Å². The number of para-hydroxylation sites is 1.